The number of ether oxygens (including phenoxy) is 1. The Bertz CT molecular complexity index is 928. The van der Waals surface area contributed by atoms with E-state index < -0.39 is 14.0 Å². The average molecular weight is 369 g/mol. The predicted octanol–water partition coefficient (Wildman–Crippen LogP) is 4.71. The summed E-state index contributed by atoms with van der Waals surface area (Å²) < 4.78 is 7.67. The summed E-state index contributed by atoms with van der Waals surface area (Å²) in [7, 11) is -1.10. The van der Waals surface area contributed by atoms with Gasteiger partial charge in [0.25, 0.3) is 0 Å². The Morgan fingerprint density at radius 2 is 1.96 bits per heavy atom. The van der Waals surface area contributed by atoms with Gasteiger partial charge in [0, 0.05) is 20.1 Å². The fourth-order valence-corrected chi connectivity index (χ4v) is 3.56. The van der Waals surface area contributed by atoms with Gasteiger partial charge in [0.2, 0.25) is 0 Å². The average Bonchev–Trinajstić information content (AvgIpc) is 3.01. The molecule has 0 radical (unpaired) electrons. The van der Waals surface area contributed by atoms with Crippen LogP contribution in [0.1, 0.15) is 10.4 Å². The molecule has 0 aliphatic carbocycles. The van der Waals surface area contributed by atoms with Crippen molar-refractivity contribution in [3.05, 3.63) is 54.2 Å². The van der Waals surface area contributed by atoms with E-state index in [1.54, 1.807) is 18.2 Å². The molecule has 0 bridgehead atoms. The minimum absolute atomic E-state index is 0.279. The van der Waals surface area contributed by atoms with Crippen LogP contribution < -0.4 is 0 Å². The number of hydrogen-bond acceptors (Lipinski definition) is 3. The third-order valence-corrected chi connectivity index (χ3v) is 6.02. The lowest BCUT2D eigenvalue weighted by molar-refractivity contribution is 0.0697. The minimum atomic E-state index is -1.10. The highest BCUT2D eigenvalue weighted by molar-refractivity contribution is 6.76. The van der Waals surface area contributed by atoms with Crippen LogP contribution in [-0.4, -0.2) is 35.5 Å². The zero-order valence-electron chi connectivity index (χ0n) is 15.4. The molecule has 1 aromatic heterocycles. The highest BCUT2D eigenvalue weighted by Gasteiger charge is 2.13. The molecule has 0 atom stereocenters. The molecule has 0 saturated heterocycles. The van der Waals surface area contributed by atoms with Crippen LogP contribution in [0.5, 0.6) is 0 Å². The van der Waals surface area contributed by atoms with Gasteiger partial charge in [0.15, 0.2) is 0 Å². The fourth-order valence-electron chi connectivity index (χ4n) is 2.81. The lowest BCUT2D eigenvalue weighted by Gasteiger charge is -2.15. The van der Waals surface area contributed by atoms with Crippen LogP contribution in [0, 0.1) is 0 Å². The summed E-state index contributed by atoms with van der Waals surface area (Å²) >= 11 is 0. The van der Waals surface area contributed by atoms with E-state index in [0.717, 1.165) is 34.7 Å². The number of fused-ring (bicyclic) bond motifs is 1. The lowest BCUT2D eigenvalue weighted by Crippen LogP contribution is -2.22. The third kappa shape index (κ3) is 4.20. The van der Waals surface area contributed by atoms with E-state index in [0.29, 0.717) is 6.73 Å². The molecule has 1 heterocycles. The molecule has 0 aliphatic rings. The number of carbonyl (C=O) groups is 1. The first-order chi connectivity index (χ1) is 12.3. The SMILES string of the molecule is C[Si](C)(C)CCOCn1ncc2c(-c3cccc(C(=O)O)c3)cccc21. The van der Waals surface area contributed by atoms with E-state index in [-0.39, 0.29) is 5.56 Å². The summed E-state index contributed by atoms with van der Waals surface area (Å²) in [6.45, 7) is 8.16. The molecule has 3 rings (SSSR count). The number of benzene rings is 2. The van der Waals surface area contributed by atoms with Gasteiger partial charge in [-0.25, -0.2) is 9.48 Å². The highest BCUT2D eigenvalue weighted by atomic mass is 28.3. The van der Waals surface area contributed by atoms with Gasteiger partial charge in [0.05, 0.1) is 17.3 Å². The van der Waals surface area contributed by atoms with Crippen LogP contribution >= 0.6 is 0 Å². The van der Waals surface area contributed by atoms with Crippen LogP contribution in [0.3, 0.4) is 0 Å². The second-order valence-corrected chi connectivity index (χ2v) is 13.2. The van der Waals surface area contributed by atoms with Crippen molar-refractivity contribution in [2.24, 2.45) is 0 Å². The van der Waals surface area contributed by atoms with E-state index in [9.17, 15) is 9.90 Å². The molecule has 0 spiro atoms. The van der Waals surface area contributed by atoms with Crippen molar-refractivity contribution in [1.82, 2.24) is 9.78 Å². The summed E-state index contributed by atoms with van der Waals surface area (Å²) in [5.41, 5.74) is 3.10. The van der Waals surface area contributed by atoms with E-state index in [1.165, 1.54) is 0 Å². The zero-order chi connectivity index (χ0) is 18.7. The quantitative estimate of drug-likeness (QED) is 0.484. The molecule has 0 unspecified atom stereocenters. The molecule has 26 heavy (non-hydrogen) atoms. The number of nitrogens with zero attached hydrogens (tertiary/aromatic N) is 2. The molecular formula is C20H24N2O3Si. The van der Waals surface area contributed by atoms with Crippen LogP contribution in [0.4, 0.5) is 0 Å². The number of carboxylic acid groups (broad SMARTS) is 1. The highest BCUT2D eigenvalue weighted by Crippen LogP contribution is 2.29. The van der Waals surface area contributed by atoms with Crippen LogP contribution in [0.15, 0.2) is 48.7 Å². The molecule has 0 fully saturated rings. The summed E-state index contributed by atoms with van der Waals surface area (Å²) in [6, 6.07) is 14.1. The molecule has 5 nitrogen and oxygen atoms in total. The van der Waals surface area contributed by atoms with Crippen molar-refractivity contribution in [3.63, 3.8) is 0 Å². The van der Waals surface area contributed by atoms with E-state index in [2.05, 4.69) is 24.7 Å². The van der Waals surface area contributed by atoms with E-state index in [4.69, 9.17) is 4.74 Å². The lowest BCUT2D eigenvalue weighted by atomic mass is 10.00. The summed E-state index contributed by atoms with van der Waals surface area (Å²) in [4.78, 5) is 11.2. The molecule has 0 amide bonds. The molecule has 6 heteroatoms. The van der Waals surface area contributed by atoms with Gasteiger partial charge in [-0.1, -0.05) is 43.9 Å². The van der Waals surface area contributed by atoms with Gasteiger partial charge in [-0.3, -0.25) is 0 Å². The maximum Gasteiger partial charge on any atom is 0.335 e. The predicted molar refractivity (Wildman–Crippen MR) is 106 cm³/mol. The Morgan fingerprint density at radius 3 is 2.69 bits per heavy atom. The number of aromatic nitrogens is 2. The summed E-state index contributed by atoms with van der Waals surface area (Å²) in [6.07, 6.45) is 1.82. The van der Waals surface area contributed by atoms with E-state index in [1.807, 2.05) is 35.1 Å². The van der Waals surface area contributed by atoms with Crippen molar-refractivity contribution in [1.29, 1.82) is 0 Å². The second-order valence-electron chi connectivity index (χ2n) is 7.62. The Hall–Kier alpha value is -2.44. The van der Waals surface area contributed by atoms with Crippen molar-refractivity contribution in [2.45, 2.75) is 32.4 Å². The maximum atomic E-state index is 11.2. The Morgan fingerprint density at radius 1 is 1.19 bits per heavy atom. The largest absolute Gasteiger partial charge is 0.478 e. The zero-order valence-corrected chi connectivity index (χ0v) is 16.4. The van der Waals surface area contributed by atoms with Gasteiger partial charge >= 0.3 is 5.97 Å². The number of aromatic carboxylic acids is 1. The normalized spacial score (nSPS) is 11.8. The molecular weight excluding hydrogens is 344 g/mol. The first kappa shape index (κ1) is 18.4. The number of carboxylic acids is 1. The van der Waals surface area contributed by atoms with Crippen molar-refractivity contribution in [2.75, 3.05) is 6.61 Å². The van der Waals surface area contributed by atoms with Gasteiger partial charge in [0.1, 0.15) is 6.73 Å². The molecule has 3 aromatic rings. The molecule has 0 saturated carbocycles. The van der Waals surface area contributed by atoms with Crippen molar-refractivity contribution in [3.8, 4) is 11.1 Å². The second kappa shape index (κ2) is 7.43. The first-order valence-electron chi connectivity index (χ1n) is 8.71. The van der Waals surface area contributed by atoms with Gasteiger partial charge < -0.3 is 9.84 Å². The topological polar surface area (TPSA) is 64.4 Å². The monoisotopic (exact) mass is 368 g/mol. The smallest absolute Gasteiger partial charge is 0.335 e. The van der Waals surface area contributed by atoms with Crippen molar-refractivity contribution >= 4 is 24.9 Å². The third-order valence-electron chi connectivity index (χ3n) is 4.32. The minimum Gasteiger partial charge on any atom is -0.478 e. The first-order valence-corrected chi connectivity index (χ1v) is 12.4. The van der Waals surface area contributed by atoms with Crippen LogP contribution in [-0.2, 0) is 11.5 Å². The molecule has 136 valence electrons. The molecule has 1 N–H and O–H groups in total. The van der Waals surface area contributed by atoms with Crippen LogP contribution in [0.2, 0.25) is 25.7 Å². The van der Waals surface area contributed by atoms with Gasteiger partial charge in [-0.2, -0.15) is 5.10 Å². The molecule has 2 aromatic carbocycles. The van der Waals surface area contributed by atoms with Gasteiger partial charge in [-0.05, 0) is 35.4 Å². The van der Waals surface area contributed by atoms with E-state index >= 15 is 0 Å². The maximum absolute atomic E-state index is 11.2. The van der Waals surface area contributed by atoms with Crippen LogP contribution in [0.25, 0.3) is 22.0 Å². The van der Waals surface area contributed by atoms with Gasteiger partial charge in [-0.15, -0.1) is 0 Å². The Labute approximate surface area is 154 Å². The fraction of sp³-hybridized carbons (Fsp3) is 0.300. The standard InChI is InChI=1S/C20H24N2O3Si/c1-26(2,3)11-10-25-14-22-19-9-5-8-17(18(19)13-21-22)15-6-4-7-16(12-15)20(23)24/h4-9,12-13H,10-11,14H2,1-3H3,(H,23,24). The number of rotatable bonds is 7. The van der Waals surface area contributed by atoms with Crippen molar-refractivity contribution < 1.29 is 14.6 Å². The molecule has 0 aliphatic heterocycles. The Balaban J connectivity index is 1.85. The number of hydrogen-bond donors (Lipinski definition) is 1. The summed E-state index contributed by atoms with van der Waals surface area (Å²) in [5, 5.41) is 14.7. The Kier molecular flexibility index (Phi) is 5.25. The summed E-state index contributed by atoms with van der Waals surface area (Å²) in [5.74, 6) is -0.925.